The zero-order valence-corrected chi connectivity index (χ0v) is 15.3. The maximum atomic E-state index is 12.5. The number of carboxylic acid groups (broad SMARTS) is 1. The third-order valence-electron chi connectivity index (χ3n) is 4.33. The molecule has 2 N–H and O–H groups in total. The first kappa shape index (κ1) is 18.2. The number of nitrogens with one attached hydrogen (secondary N) is 1. The minimum absolute atomic E-state index is 0.0298. The first-order valence-electron chi connectivity index (χ1n) is 7.74. The Kier molecular flexibility index (Phi) is 5.78. The summed E-state index contributed by atoms with van der Waals surface area (Å²) >= 11 is 3.42. The zero-order chi connectivity index (χ0) is 17.7. The molecule has 2 aromatic rings. The quantitative estimate of drug-likeness (QED) is 0.786. The molecule has 5 heteroatoms. The van der Waals surface area contributed by atoms with Gasteiger partial charge in [-0.2, -0.15) is 0 Å². The monoisotopic (exact) mass is 389 g/mol. The van der Waals surface area contributed by atoms with Gasteiger partial charge in [0.2, 0.25) is 0 Å². The van der Waals surface area contributed by atoms with Crippen molar-refractivity contribution in [1.29, 1.82) is 0 Å². The molecule has 0 aliphatic rings. The summed E-state index contributed by atoms with van der Waals surface area (Å²) in [5.74, 6) is -1.24. The highest BCUT2D eigenvalue weighted by atomic mass is 79.9. The number of aryl methyl sites for hydroxylation is 1. The minimum Gasteiger partial charge on any atom is -0.481 e. The van der Waals surface area contributed by atoms with Crippen molar-refractivity contribution in [2.75, 3.05) is 6.54 Å². The summed E-state index contributed by atoms with van der Waals surface area (Å²) in [6.45, 7) is 3.75. The molecule has 0 saturated heterocycles. The normalized spacial score (nSPS) is 13.1. The number of aliphatic carboxylic acids is 1. The molecule has 0 fully saturated rings. The van der Waals surface area contributed by atoms with Gasteiger partial charge in [0, 0.05) is 11.0 Å². The third-order valence-corrected chi connectivity index (χ3v) is 5.38. The molecule has 0 bridgehead atoms. The topological polar surface area (TPSA) is 66.4 Å². The molecule has 2 rings (SSSR count). The van der Waals surface area contributed by atoms with Crippen molar-refractivity contribution in [2.24, 2.45) is 0 Å². The van der Waals surface area contributed by atoms with Crippen LogP contribution in [0.3, 0.4) is 0 Å². The Balaban J connectivity index is 2.27. The standard InChI is InChI=1S/C19H20BrNO3/c1-3-19(18(23)24,14-9-5-4-6-10-14)12-21-17(22)15-11-7-8-13(2)16(15)20/h4-11H,3,12H2,1-2H3,(H,21,22)(H,23,24). The lowest BCUT2D eigenvalue weighted by Crippen LogP contribution is -2.46. The second-order valence-corrected chi connectivity index (χ2v) is 6.52. The Bertz CT molecular complexity index is 746. The van der Waals surface area contributed by atoms with Gasteiger partial charge in [-0.1, -0.05) is 49.4 Å². The Morgan fingerprint density at radius 1 is 1.12 bits per heavy atom. The number of hydrogen-bond acceptors (Lipinski definition) is 2. The number of carbonyl (C=O) groups excluding carboxylic acids is 1. The number of halogens is 1. The van der Waals surface area contributed by atoms with E-state index in [0.717, 1.165) is 10.0 Å². The second kappa shape index (κ2) is 7.62. The first-order chi connectivity index (χ1) is 11.4. The molecular formula is C19H20BrNO3. The van der Waals surface area contributed by atoms with Crippen molar-refractivity contribution in [3.8, 4) is 0 Å². The van der Waals surface area contributed by atoms with Crippen molar-refractivity contribution < 1.29 is 14.7 Å². The van der Waals surface area contributed by atoms with Gasteiger partial charge in [0.1, 0.15) is 5.41 Å². The molecule has 24 heavy (non-hydrogen) atoms. The van der Waals surface area contributed by atoms with E-state index in [4.69, 9.17) is 0 Å². The molecule has 2 aromatic carbocycles. The van der Waals surface area contributed by atoms with Gasteiger partial charge in [-0.05, 0) is 46.5 Å². The molecule has 126 valence electrons. The molecule has 0 saturated carbocycles. The van der Waals surface area contributed by atoms with Crippen LogP contribution >= 0.6 is 15.9 Å². The Labute approximate surface area is 150 Å². The molecule has 0 radical (unpaired) electrons. The summed E-state index contributed by atoms with van der Waals surface area (Å²) in [7, 11) is 0. The molecular weight excluding hydrogens is 370 g/mol. The van der Waals surface area contributed by atoms with Gasteiger partial charge in [-0.25, -0.2) is 0 Å². The van der Waals surface area contributed by atoms with E-state index in [-0.39, 0.29) is 12.5 Å². The molecule has 0 aliphatic carbocycles. The second-order valence-electron chi connectivity index (χ2n) is 5.73. The lowest BCUT2D eigenvalue weighted by atomic mass is 9.78. The van der Waals surface area contributed by atoms with Crippen LogP contribution in [0.25, 0.3) is 0 Å². The van der Waals surface area contributed by atoms with Gasteiger partial charge in [0.15, 0.2) is 0 Å². The fourth-order valence-corrected chi connectivity index (χ4v) is 3.13. The van der Waals surface area contributed by atoms with E-state index in [1.54, 1.807) is 24.3 Å². The van der Waals surface area contributed by atoms with Crippen molar-refractivity contribution in [3.05, 3.63) is 69.7 Å². The molecule has 0 aromatic heterocycles. The molecule has 1 amide bonds. The first-order valence-corrected chi connectivity index (χ1v) is 8.54. The van der Waals surface area contributed by atoms with E-state index in [9.17, 15) is 14.7 Å². The van der Waals surface area contributed by atoms with Gasteiger partial charge in [-0.15, -0.1) is 0 Å². The van der Waals surface area contributed by atoms with Crippen LogP contribution in [0.5, 0.6) is 0 Å². The minimum atomic E-state index is -1.15. The van der Waals surface area contributed by atoms with Crippen LogP contribution < -0.4 is 5.32 Å². The predicted molar refractivity (Wildman–Crippen MR) is 97.3 cm³/mol. The SMILES string of the molecule is CCC(CNC(=O)c1cccc(C)c1Br)(C(=O)O)c1ccccc1. The average Bonchev–Trinajstić information content (AvgIpc) is 2.58. The number of hydrogen-bond donors (Lipinski definition) is 2. The van der Waals surface area contributed by atoms with Crippen LogP contribution in [0.2, 0.25) is 0 Å². The average molecular weight is 390 g/mol. The molecule has 0 heterocycles. The highest BCUT2D eigenvalue weighted by Crippen LogP contribution is 2.28. The molecule has 0 aliphatic heterocycles. The van der Waals surface area contributed by atoms with Gasteiger partial charge in [-0.3, -0.25) is 9.59 Å². The van der Waals surface area contributed by atoms with E-state index in [0.29, 0.717) is 17.5 Å². The number of amides is 1. The maximum absolute atomic E-state index is 12.5. The maximum Gasteiger partial charge on any atom is 0.315 e. The Morgan fingerprint density at radius 3 is 2.38 bits per heavy atom. The van der Waals surface area contributed by atoms with E-state index in [1.807, 2.05) is 38.1 Å². The zero-order valence-electron chi connectivity index (χ0n) is 13.7. The van der Waals surface area contributed by atoms with E-state index >= 15 is 0 Å². The Hall–Kier alpha value is -2.14. The van der Waals surface area contributed by atoms with Crippen molar-refractivity contribution in [3.63, 3.8) is 0 Å². The van der Waals surface area contributed by atoms with E-state index < -0.39 is 11.4 Å². The van der Waals surface area contributed by atoms with Gasteiger partial charge < -0.3 is 10.4 Å². The van der Waals surface area contributed by atoms with Crippen molar-refractivity contribution in [2.45, 2.75) is 25.7 Å². The highest BCUT2D eigenvalue weighted by Gasteiger charge is 2.39. The number of rotatable bonds is 6. The fraction of sp³-hybridized carbons (Fsp3) is 0.263. The van der Waals surface area contributed by atoms with Crippen LogP contribution in [0.15, 0.2) is 53.0 Å². The lowest BCUT2D eigenvalue weighted by molar-refractivity contribution is -0.143. The summed E-state index contributed by atoms with van der Waals surface area (Å²) in [4.78, 5) is 24.5. The van der Waals surface area contributed by atoms with E-state index in [1.165, 1.54) is 0 Å². The lowest BCUT2D eigenvalue weighted by Gasteiger charge is -2.29. The number of carboxylic acids is 1. The molecule has 4 nitrogen and oxygen atoms in total. The molecule has 0 spiro atoms. The van der Waals surface area contributed by atoms with Gasteiger partial charge >= 0.3 is 5.97 Å². The summed E-state index contributed by atoms with van der Waals surface area (Å²) in [5, 5.41) is 12.6. The van der Waals surface area contributed by atoms with Crippen LogP contribution in [-0.4, -0.2) is 23.5 Å². The largest absolute Gasteiger partial charge is 0.481 e. The van der Waals surface area contributed by atoms with Crippen LogP contribution in [0, 0.1) is 6.92 Å². The number of carbonyl (C=O) groups is 2. The summed E-state index contributed by atoms with van der Waals surface area (Å²) in [6, 6.07) is 14.4. The third kappa shape index (κ3) is 3.51. The van der Waals surface area contributed by atoms with Crippen LogP contribution in [-0.2, 0) is 10.2 Å². The number of benzene rings is 2. The van der Waals surface area contributed by atoms with Crippen LogP contribution in [0.1, 0.15) is 34.8 Å². The smallest absolute Gasteiger partial charge is 0.315 e. The van der Waals surface area contributed by atoms with Crippen molar-refractivity contribution >= 4 is 27.8 Å². The highest BCUT2D eigenvalue weighted by molar-refractivity contribution is 9.10. The summed E-state index contributed by atoms with van der Waals surface area (Å²) in [5.41, 5.74) is 0.987. The molecule has 1 unspecified atom stereocenters. The van der Waals surface area contributed by atoms with Crippen LogP contribution in [0.4, 0.5) is 0 Å². The summed E-state index contributed by atoms with van der Waals surface area (Å²) < 4.78 is 0.722. The predicted octanol–water partition coefficient (Wildman–Crippen LogP) is 3.92. The van der Waals surface area contributed by atoms with Crippen molar-refractivity contribution in [1.82, 2.24) is 5.32 Å². The Morgan fingerprint density at radius 2 is 1.79 bits per heavy atom. The van der Waals surface area contributed by atoms with E-state index in [2.05, 4.69) is 21.2 Å². The molecule has 1 atom stereocenters. The van der Waals surface area contributed by atoms with Gasteiger partial charge in [0.25, 0.3) is 5.91 Å². The van der Waals surface area contributed by atoms with Gasteiger partial charge in [0.05, 0.1) is 5.56 Å². The summed E-state index contributed by atoms with van der Waals surface area (Å²) in [6.07, 6.45) is 0.377. The fourth-order valence-electron chi connectivity index (χ4n) is 2.69.